The van der Waals surface area contributed by atoms with E-state index in [-0.39, 0.29) is 5.91 Å². The molecule has 3 aromatic rings. The van der Waals surface area contributed by atoms with Gasteiger partial charge in [0, 0.05) is 38.5 Å². The summed E-state index contributed by atoms with van der Waals surface area (Å²) in [5, 5.41) is 1.13. The summed E-state index contributed by atoms with van der Waals surface area (Å²) in [5.41, 5.74) is 2.03. The van der Waals surface area contributed by atoms with E-state index in [1.54, 1.807) is 27.8 Å². The number of piperidine rings is 1. The average Bonchev–Trinajstić information content (AvgIpc) is 3.53. The molecule has 2 aromatic carbocycles. The Morgan fingerprint density at radius 2 is 1.76 bits per heavy atom. The predicted molar refractivity (Wildman–Crippen MR) is 131 cm³/mol. The van der Waals surface area contributed by atoms with E-state index in [0.717, 1.165) is 54.9 Å². The second-order valence-corrected chi connectivity index (χ2v) is 12.0. The van der Waals surface area contributed by atoms with Crippen LogP contribution < -0.4 is 0 Å². The summed E-state index contributed by atoms with van der Waals surface area (Å²) < 4.78 is 28.1. The van der Waals surface area contributed by atoms with Crippen LogP contribution in [0.2, 0.25) is 0 Å². The molecule has 8 heteroatoms. The maximum Gasteiger partial charge on any atom is 0.243 e. The van der Waals surface area contributed by atoms with Crippen molar-refractivity contribution in [2.45, 2.75) is 49.3 Å². The van der Waals surface area contributed by atoms with Crippen LogP contribution in [-0.4, -0.2) is 54.7 Å². The number of aromatic nitrogens is 1. The highest BCUT2D eigenvalue weighted by Crippen LogP contribution is 2.33. The number of hydrogen-bond donors (Lipinski definition) is 0. The Morgan fingerprint density at radius 3 is 2.52 bits per heavy atom. The van der Waals surface area contributed by atoms with Crippen molar-refractivity contribution in [3.8, 4) is 0 Å². The van der Waals surface area contributed by atoms with Gasteiger partial charge in [0.05, 0.1) is 20.1 Å². The van der Waals surface area contributed by atoms with Crippen LogP contribution in [0, 0.1) is 0 Å². The molecule has 0 unspecified atom stereocenters. The quantitative estimate of drug-likeness (QED) is 0.520. The molecule has 1 amide bonds. The molecule has 2 fully saturated rings. The first-order chi connectivity index (χ1) is 16.0. The number of rotatable bonds is 6. The lowest BCUT2D eigenvalue weighted by atomic mass is 9.98. The first-order valence-electron chi connectivity index (χ1n) is 11.7. The van der Waals surface area contributed by atoms with Gasteiger partial charge in [0.2, 0.25) is 15.9 Å². The molecule has 2 aliphatic heterocycles. The molecule has 174 valence electrons. The van der Waals surface area contributed by atoms with Crippen LogP contribution in [0.1, 0.15) is 48.6 Å². The minimum Gasteiger partial charge on any atom is -0.342 e. The van der Waals surface area contributed by atoms with E-state index >= 15 is 0 Å². The van der Waals surface area contributed by atoms with Gasteiger partial charge in [-0.1, -0.05) is 24.3 Å². The first kappa shape index (κ1) is 22.5. The van der Waals surface area contributed by atoms with Crippen LogP contribution in [0.15, 0.2) is 53.4 Å². The average molecular weight is 484 g/mol. The van der Waals surface area contributed by atoms with Gasteiger partial charge < -0.3 is 4.90 Å². The third-order valence-electron chi connectivity index (χ3n) is 6.69. The zero-order chi connectivity index (χ0) is 22.8. The maximum atomic E-state index is 12.9. The molecule has 0 spiro atoms. The highest BCUT2D eigenvalue weighted by atomic mass is 32.2. The zero-order valence-corrected chi connectivity index (χ0v) is 20.3. The van der Waals surface area contributed by atoms with Crippen LogP contribution in [-0.2, 0) is 21.2 Å². The molecular weight excluding hydrogens is 454 g/mol. The summed E-state index contributed by atoms with van der Waals surface area (Å²) in [4.78, 5) is 20.1. The molecule has 0 radical (unpaired) electrons. The van der Waals surface area contributed by atoms with Crippen LogP contribution >= 0.6 is 11.3 Å². The number of amides is 1. The molecule has 0 N–H and O–H groups in total. The summed E-state index contributed by atoms with van der Waals surface area (Å²) in [6, 6.07) is 15.2. The SMILES string of the molecule is O=C(CCc1ccc(S(=O)(=O)N2CCCC2)cc1)N1CCC[C@@H](c2nc3ccccc3s2)C1. The van der Waals surface area contributed by atoms with Crippen molar-refractivity contribution in [2.75, 3.05) is 26.2 Å². The fraction of sp³-hybridized carbons (Fsp3) is 0.440. The van der Waals surface area contributed by atoms with E-state index in [1.165, 1.54) is 4.70 Å². The van der Waals surface area contributed by atoms with Gasteiger partial charge in [-0.2, -0.15) is 4.31 Å². The number of thiazole rings is 1. The lowest BCUT2D eigenvalue weighted by Gasteiger charge is -2.32. The second-order valence-electron chi connectivity index (χ2n) is 8.95. The number of aryl methyl sites for hydroxylation is 1. The van der Waals surface area contributed by atoms with Gasteiger partial charge in [-0.15, -0.1) is 11.3 Å². The smallest absolute Gasteiger partial charge is 0.243 e. The Labute approximate surface area is 199 Å². The number of likely N-dealkylation sites (tertiary alicyclic amines) is 1. The monoisotopic (exact) mass is 483 g/mol. The van der Waals surface area contributed by atoms with Crippen molar-refractivity contribution < 1.29 is 13.2 Å². The van der Waals surface area contributed by atoms with Gasteiger partial charge in [-0.25, -0.2) is 13.4 Å². The molecule has 6 nitrogen and oxygen atoms in total. The van der Waals surface area contributed by atoms with Crippen molar-refractivity contribution in [1.82, 2.24) is 14.2 Å². The molecule has 0 aliphatic carbocycles. The van der Waals surface area contributed by atoms with Crippen LogP contribution in [0.3, 0.4) is 0 Å². The predicted octanol–water partition coefficient (Wildman–Crippen LogP) is 4.42. The van der Waals surface area contributed by atoms with Crippen molar-refractivity contribution in [2.24, 2.45) is 0 Å². The van der Waals surface area contributed by atoms with Crippen LogP contribution in [0.4, 0.5) is 0 Å². The van der Waals surface area contributed by atoms with Gasteiger partial charge in [0.25, 0.3) is 0 Å². The van der Waals surface area contributed by atoms with Gasteiger partial charge in [-0.3, -0.25) is 4.79 Å². The lowest BCUT2D eigenvalue weighted by Crippen LogP contribution is -2.39. The fourth-order valence-electron chi connectivity index (χ4n) is 4.78. The first-order valence-corrected chi connectivity index (χ1v) is 14.0. The molecule has 0 bridgehead atoms. The molecule has 1 aromatic heterocycles. The third kappa shape index (κ3) is 4.83. The summed E-state index contributed by atoms with van der Waals surface area (Å²) in [6.07, 6.45) is 4.97. The topological polar surface area (TPSA) is 70.6 Å². The normalized spacial score (nSPS) is 19.9. The van der Waals surface area contributed by atoms with Crippen LogP contribution in [0.25, 0.3) is 10.2 Å². The molecule has 3 heterocycles. The van der Waals surface area contributed by atoms with E-state index in [0.29, 0.717) is 36.7 Å². The van der Waals surface area contributed by atoms with Crippen molar-refractivity contribution in [3.63, 3.8) is 0 Å². The summed E-state index contributed by atoms with van der Waals surface area (Å²) in [6.45, 7) is 2.73. The highest BCUT2D eigenvalue weighted by molar-refractivity contribution is 7.89. The maximum absolute atomic E-state index is 12.9. The number of carbonyl (C=O) groups is 1. The number of nitrogens with zero attached hydrogens (tertiary/aromatic N) is 3. The van der Waals surface area contributed by atoms with E-state index in [1.807, 2.05) is 35.2 Å². The van der Waals surface area contributed by atoms with Gasteiger partial charge in [-0.05, 0) is 61.9 Å². The second kappa shape index (κ2) is 9.52. The minimum atomic E-state index is -3.39. The molecule has 5 rings (SSSR count). The number of fused-ring (bicyclic) bond motifs is 1. The van der Waals surface area contributed by atoms with Crippen LogP contribution in [0.5, 0.6) is 0 Å². The zero-order valence-electron chi connectivity index (χ0n) is 18.7. The standard InChI is InChI=1S/C25H29N3O3S2/c29-24(14-11-19-9-12-21(13-10-19)33(30,31)28-16-3-4-17-28)27-15-5-6-20(18-27)25-26-22-7-1-2-8-23(22)32-25/h1-2,7-10,12-13,20H,3-6,11,14-18H2/t20-/m1/s1. The Morgan fingerprint density at radius 1 is 1.00 bits per heavy atom. The molecule has 33 heavy (non-hydrogen) atoms. The molecule has 1 atom stereocenters. The molecule has 0 saturated carbocycles. The Balaban J connectivity index is 1.18. The van der Waals surface area contributed by atoms with Crippen molar-refractivity contribution in [3.05, 3.63) is 59.1 Å². The molecule has 2 saturated heterocycles. The Hall–Kier alpha value is -2.29. The van der Waals surface area contributed by atoms with Gasteiger partial charge in [0.15, 0.2) is 0 Å². The number of carbonyl (C=O) groups excluding carboxylic acids is 1. The number of para-hydroxylation sites is 1. The van der Waals surface area contributed by atoms with Crippen molar-refractivity contribution >= 4 is 37.5 Å². The number of benzene rings is 2. The van der Waals surface area contributed by atoms with Gasteiger partial charge in [0.1, 0.15) is 0 Å². The lowest BCUT2D eigenvalue weighted by molar-refractivity contribution is -0.132. The van der Waals surface area contributed by atoms with Crippen molar-refractivity contribution in [1.29, 1.82) is 0 Å². The number of hydrogen-bond acceptors (Lipinski definition) is 5. The summed E-state index contributed by atoms with van der Waals surface area (Å²) >= 11 is 1.74. The summed E-state index contributed by atoms with van der Waals surface area (Å²) in [7, 11) is -3.39. The Kier molecular flexibility index (Phi) is 6.49. The molecular formula is C25H29N3O3S2. The van der Waals surface area contributed by atoms with E-state index in [2.05, 4.69) is 6.07 Å². The minimum absolute atomic E-state index is 0.162. The number of sulfonamides is 1. The fourth-order valence-corrected chi connectivity index (χ4v) is 7.40. The Bertz CT molecular complexity index is 1200. The largest absolute Gasteiger partial charge is 0.342 e. The van der Waals surface area contributed by atoms with E-state index < -0.39 is 10.0 Å². The van der Waals surface area contributed by atoms with E-state index in [9.17, 15) is 13.2 Å². The van der Waals surface area contributed by atoms with E-state index in [4.69, 9.17) is 4.98 Å². The summed E-state index contributed by atoms with van der Waals surface area (Å²) in [5.74, 6) is 0.463. The van der Waals surface area contributed by atoms with Gasteiger partial charge >= 0.3 is 0 Å². The molecule has 2 aliphatic rings. The third-order valence-corrected chi connectivity index (χ3v) is 9.80. The highest BCUT2D eigenvalue weighted by Gasteiger charge is 2.28.